The second kappa shape index (κ2) is 9.54. The van der Waals surface area contributed by atoms with Gasteiger partial charge in [-0.3, -0.25) is 0 Å². The second-order valence-electron chi connectivity index (χ2n) is 9.80. The number of hydrogen-bond acceptors (Lipinski definition) is 4. The largest absolute Gasteiger partial charge is 0.444 e. The fourth-order valence-corrected chi connectivity index (χ4v) is 3.47. The summed E-state index contributed by atoms with van der Waals surface area (Å²) in [6.07, 6.45) is 1.35. The molecule has 30 heavy (non-hydrogen) atoms. The summed E-state index contributed by atoms with van der Waals surface area (Å²) < 4.78 is 7.48. The minimum absolute atomic E-state index is 0.0406. The van der Waals surface area contributed by atoms with Gasteiger partial charge in [-0.1, -0.05) is 37.3 Å². The van der Waals surface area contributed by atoms with Crippen molar-refractivity contribution in [1.82, 2.24) is 14.7 Å². The highest BCUT2D eigenvalue weighted by molar-refractivity contribution is 5.68. The first-order valence-electron chi connectivity index (χ1n) is 10.8. The van der Waals surface area contributed by atoms with Crippen molar-refractivity contribution in [3.63, 3.8) is 0 Å². The Morgan fingerprint density at radius 3 is 2.27 bits per heavy atom. The van der Waals surface area contributed by atoms with Crippen LogP contribution in [0.25, 0.3) is 0 Å². The van der Waals surface area contributed by atoms with Gasteiger partial charge in [0.05, 0.1) is 11.2 Å². The zero-order valence-electron chi connectivity index (χ0n) is 19.6. The van der Waals surface area contributed by atoms with E-state index in [-0.39, 0.29) is 17.6 Å². The molecule has 0 fully saturated rings. The topological polar surface area (TPSA) is 73.4 Å². The maximum absolute atomic E-state index is 12.7. The van der Waals surface area contributed by atoms with E-state index in [1.54, 1.807) is 4.90 Å². The minimum atomic E-state index is -0.512. The van der Waals surface area contributed by atoms with Crippen molar-refractivity contribution in [3.8, 4) is 0 Å². The molecule has 166 valence electrons. The van der Waals surface area contributed by atoms with Crippen molar-refractivity contribution >= 4 is 11.9 Å². The molecule has 1 aromatic heterocycles. The predicted octanol–water partition coefficient (Wildman–Crippen LogP) is 5.39. The van der Waals surface area contributed by atoms with Gasteiger partial charge < -0.3 is 15.4 Å². The number of nitrogen functional groups attached to an aromatic ring is 1. The fourth-order valence-electron chi connectivity index (χ4n) is 3.47. The Morgan fingerprint density at radius 2 is 1.77 bits per heavy atom. The zero-order valence-corrected chi connectivity index (χ0v) is 19.6. The van der Waals surface area contributed by atoms with E-state index in [1.165, 1.54) is 0 Å². The third-order valence-corrected chi connectivity index (χ3v) is 4.78. The number of ether oxygens (including phenoxy) is 1. The summed E-state index contributed by atoms with van der Waals surface area (Å²) in [5.74, 6) is 0.690. The van der Waals surface area contributed by atoms with Crippen LogP contribution in [0.2, 0.25) is 0 Å². The third-order valence-electron chi connectivity index (χ3n) is 4.78. The quantitative estimate of drug-likeness (QED) is 0.659. The number of nitrogens with two attached hydrogens (primary N) is 1. The molecule has 2 N–H and O–H groups in total. The molecule has 0 aliphatic rings. The Kier molecular flexibility index (Phi) is 7.56. The molecule has 0 aliphatic heterocycles. The van der Waals surface area contributed by atoms with Crippen molar-refractivity contribution < 1.29 is 9.53 Å². The average Bonchev–Trinajstić information content (AvgIpc) is 3.02. The molecular formula is C24H38N4O2. The molecule has 0 radical (unpaired) electrons. The minimum Gasteiger partial charge on any atom is -0.444 e. The van der Waals surface area contributed by atoms with E-state index >= 15 is 0 Å². The van der Waals surface area contributed by atoms with E-state index in [1.807, 2.05) is 49.7 Å². The first kappa shape index (κ1) is 23.8. The molecule has 1 aromatic carbocycles. The van der Waals surface area contributed by atoms with Crippen LogP contribution < -0.4 is 5.73 Å². The number of benzene rings is 1. The number of carbonyl (C=O) groups is 1. The molecule has 0 saturated heterocycles. The summed E-state index contributed by atoms with van der Waals surface area (Å²) in [4.78, 5) is 14.5. The standard InChI is InChI=1S/C24H38N4O2/c1-8-15-27(22(29)30-24(5,6)7)16-14-19(18-12-10-9-11-13-18)20-17-21(25)28(26-20)23(2,3)4/h9-13,17,19H,8,14-16,25H2,1-7H3. The smallest absolute Gasteiger partial charge is 0.410 e. The number of nitrogens with zero attached hydrogens (tertiary/aromatic N) is 3. The first-order chi connectivity index (χ1) is 13.9. The number of rotatable bonds is 7. The maximum Gasteiger partial charge on any atom is 0.410 e. The molecule has 2 aromatic rings. The molecule has 1 heterocycles. The van der Waals surface area contributed by atoms with E-state index in [2.05, 4.69) is 39.8 Å². The van der Waals surface area contributed by atoms with Gasteiger partial charge in [0.2, 0.25) is 0 Å². The Morgan fingerprint density at radius 1 is 1.13 bits per heavy atom. The van der Waals surface area contributed by atoms with Crippen LogP contribution in [-0.4, -0.2) is 39.5 Å². The normalized spacial score (nSPS) is 13.2. The number of hydrogen-bond donors (Lipinski definition) is 1. The average molecular weight is 415 g/mol. The SMILES string of the molecule is CCCN(CCC(c1ccccc1)c1cc(N)n(C(C)(C)C)n1)C(=O)OC(C)(C)C. The van der Waals surface area contributed by atoms with Crippen LogP contribution in [0.1, 0.15) is 78.5 Å². The lowest BCUT2D eigenvalue weighted by molar-refractivity contribution is 0.0246. The Bertz CT molecular complexity index is 816. The van der Waals surface area contributed by atoms with E-state index in [0.29, 0.717) is 18.9 Å². The first-order valence-corrected chi connectivity index (χ1v) is 10.8. The molecule has 1 atom stereocenters. The lowest BCUT2D eigenvalue weighted by Gasteiger charge is -2.28. The Hall–Kier alpha value is -2.50. The molecule has 6 nitrogen and oxygen atoms in total. The van der Waals surface area contributed by atoms with Crippen LogP contribution in [-0.2, 0) is 10.3 Å². The van der Waals surface area contributed by atoms with Gasteiger partial charge in [-0.15, -0.1) is 0 Å². The van der Waals surface area contributed by atoms with Crippen LogP contribution >= 0.6 is 0 Å². The van der Waals surface area contributed by atoms with Crippen molar-refractivity contribution in [2.24, 2.45) is 0 Å². The van der Waals surface area contributed by atoms with E-state index in [0.717, 1.165) is 24.1 Å². The van der Waals surface area contributed by atoms with E-state index in [4.69, 9.17) is 15.6 Å². The van der Waals surface area contributed by atoms with Gasteiger partial charge in [0, 0.05) is 25.1 Å². The van der Waals surface area contributed by atoms with E-state index in [9.17, 15) is 4.79 Å². The van der Waals surface area contributed by atoms with Crippen LogP contribution in [0.15, 0.2) is 36.4 Å². The summed E-state index contributed by atoms with van der Waals surface area (Å²) in [5.41, 5.74) is 7.66. The highest BCUT2D eigenvalue weighted by atomic mass is 16.6. The summed E-state index contributed by atoms with van der Waals surface area (Å²) >= 11 is 0. The highest BCUT2D eigenvalue weighted by Gasteiger charge is 2.26. The molecule has 1 amide bonds. The Labute approximate surface area is 181 Å². The van der Waals surface area contributed by atoms with Crippen molar-refractivity contribution in [2.45, 2.75) is 78.4 Å². The molecule has 2 rings (SSSR count). The lowest BCUT2D eigenvalue weighted by Crippen LogP contribution is -2.38. The van der Waals surface area contributed by atoms with Gasteiger partial charge in [0.15, 0.2) is 0 Å². The van der Waals surface area contributed by atoms with Crippen LogP contribution in [0.5, 0.6) is 0 Å². The van der Waals surface area contributed by atoms with Crippen LogP contribution in [0.4, 0.5) is 10.6 Å². The van der Waals surface area contributed by atoms with Crippen molar-refractivity contribution in [2.75, 3.05) is 18.8 Å². The molecule has 0 bridgehead atoms. The number of anilines is 1. The summed E-state index contributed by atoms with van der Waals surface area (Å²) in [5, 5.41) is 4.84. The molecule has 1 unspecified atom stereocenters. The lowest BCUT2D eigenvalue weighted by atomic mass is 9.92. The maximum atomic E-state index is 12.7. The molecule has 6 heteroatoms. The third kappa shape index (κ3) is 6.51. The van der Waals surface area contributed by atoms with Gasteiger partial charge in [0.25, 0.3) is 0 Å². The number of carbonyl (C=O) groups excluding carboxylic acids is 1. The zero-order chi connectivity index (χ0) is 22.5. The van der Waals surface area contributed by atoms with Gasteiger partial charge in [-0.25, -0.2) is 9.48 Å². The summed E-state index contributed by atoms with van der Waals surface area (Å²) in [6, 6.07) is 12.2. The highest BCUT2D eigenvalue weighted by Crippen LogP contribution is 2.31. The van der Waals surface area contributed by atoms with Gasteiger partial charge in [-0.05, 0) is 59.9 Å². The molecule has 0 saturated carbocycles. The Balaban J connectivity index is 2.29. The molecule has 0 spiro atoms. The molecular weight excluding hydrogens is 376 g/mol. The van der Waals surface area contributed by atoms with Crippen molar-refractivity contribution in [3.05, 3.63) is 47.7 Å². The monoisotopic (exact) mass is 414 g/mol. The van der Waals surface area contributed by atoms with Gasteiger partial charge in [-0.2, -0.15) is 5.10 Å². The predicted molar refractivity (Wildman–Crippen MR) is 123 cm³/mol. The summed E-state index contributed by atoms with van der Waals surface area (Å²) in [7, 11) is 0. The molecule has 0 aliphatic carbocycles. The van der Waals surface area contributed by atoms with Crippen molar-refractivity contribution in [1.29, 1.82) is 0 Å². The van der Waals surface area contributed by atoms with Crippen LogP contribution in [0.3, 0.4) is 0 Å². The van der Waals surface area contributed by atoms with Crippen LogP contribution in [0, 0.1) is 0 Å². The van der Waals surface area contributed by atoms with Gasteiger partial charge >= 0.3 is 6.09 Å². The second-order valence-corrected chi connectivity index (χ2v) is 9.80. The number of aromatic nitrogens is 2. The summed E-state index contributed by atoms with van der Waals surface area (Å²) in [6.45, 7) is 15.3. The number of amides is 1. The fraction of sp³-hybridized carbons (Fsp3) is 0.583. The van der Waals surface area contributed by atoms with E-state index < -0.39 is 5.60 Å². The van der Waals surface area contributed by atoms with Gasteiger partial charge in [0.1, 0.15) is 11.4 Å².